The Bertz CT molecular complexity index is 819. The maximum atomic E-state index is 12.5. The van der Waals surface area contributed by atoms with Crippen molar-refractivity contribution in [1.82, 2.24) is 25.6 Å². The lowest BCUT2D eigenvalue weighted by molar-refractivity contribution is -0.138. The van der Waals surface area contributed by atoms with E-state index in [0.717, 1.165) is 4.68 Å². The molecule has 9 nitrogen and oxygen atoms in total. The zero-order valence-corrected chi connectivity index (χ0v) is 15.6. The Kier molecular flexibility index (Phi) is 6.89. The zero-order valence-electron chi connectivity index (χ0n) is 14.8. The van der Waals surface area contributed by atoms with Crippen molar-refractivity contribution in [3.63, 3.8) is 0 Å². The quantitative estimate of drug-likeness (QED) is 0.616. The van der Waals surface area contributed by atoms with Gasteiger partial charge < -0.3 is 15.7 Å². The van der Waals surface area contributed by atoms with Gasteiger partial charge in [0.2, 0.25) is 5.91 Å². The molecule has 2 aromatic rings. The Morgan fingerprint density at radius 2 is 1.89 bits per heavy atom. The molecule has 1 aromatic heterocycles. The molecule has 27 heavy (non-hydrogen) atoms. The van der Waals surface area contributed by atoms with Gasteiger partial charge in [-0.2, -0.15) is 0 Å². The Hall–Kier alpha value is -2.94. The highest BCUT2D eigenvalue weighted by Gasteiger charge is 2.24. The minimum absolute atomic E-state index is 0.0679. The van der Waals surface area contributed by atoms with E-state index in [1.807, 2.05) is 13.8 Å². The van der Waals surface area contributed by atoms with Gasteiger partial charge in [0, 0.05) is 10.6 Å². The monoisotopic (exact) mass is 393 g/mol. The second-order valence-electron chi connectivity index (χ2n) is 6.22. The first-order chi connectivity index (χ1) is 12.8. The molecule has 1 heterocycles. The maximum absolute atomic E-state index is 12.5. The molecule has 0 fully saturated rings. The first-order valence-corrected chi connectivity index (χ1v) is 8.59. The summed E-state index contributed by atoms with van der Waals surface area (Å²) in [6.45, 7) is 3.39. The summed E-state index contributed by atoms with van der Waals surface area (Å²) in [5.74, 6) is -1.95. The second-order valence-corrected chi connectivity index (χ2v) is 6.66. The molecule has 1 aromatic carbocycles. The highest BCUT2D eigenvalue weighted by atomic mass is 35.5. The van der Waals surface area contributed by atoms with Gasteiger partial charge in [-0.3, -0.25) is 14.4 Å². The van der Waals surface area contributed by atoms with Crippen molar-refractivity contribution in [3.05, 3.63) is 46.7 Å². The zero-order chi connectivity index (χ0) is 20.0. The molecule has 10 heteroatoms. The highest BCUT2D eigenvalue weighted by Crippen LogP contribution is 2.11. The van der Waals surface area contributed by atoms with Crippen LogP contribution in [0.4, 0.5) is 0 Å². The summed E-state index contributed by atoms with van der Waals surface area (Å²) in [5.41, 5.74) is 0.811. The molecule has 0 radical (unpaired) electrons. The van der Waals surface area contributed by atoms with E-state index in [9.17, 15) is 14.4 Å². The molecule has 1 atom stereocenters. The standard InChI is InChI=1S/C17H20ClN5O4/c1-10(2)15(20-16(26)11-3-5-12(18)6-4-11)17(27)19-7-13-8-23(22-21-13)9-14(24)25/h3-6,8,10,15H,7,9H2,1-2H3,(H,19,27)(H,20,26)(H,24,25). The fourth-order valence-corrected chi connectivity index (χ4v) is 2.41. The number of benzene rings is 1. The Morgan fingerprint density at radius 1 is 1.22 bits per heavy atom. The van der Waals surface area contributed by atoms with Crippen molar-refractivity contribution in [2.24, 2.45) is 5.92 Å². The van der Waals surface area contributed by atoms with Gasteiger partial charge in [0.05, 0.1) is 12.7 Å². The van der Waals surface area contributed by atoms with Crippen LogP contribution in [0.2, 0.25) is 5.02 Å². The van der Waals surface area contributed by atoms with Crippen molar-refractivity contribution in [2.75, 3.05) is 0 Å². The number of amides is 2. The molecule has 2 amide bonds. The van der Waals surface area contributed by atoms with Crippen molar-refractivity contribution < 1.29 is 19.5 Å². The van der Waals surface area contributed by atoms with E-state index in [1.165, 1.54) is 6.20 Å². The minimum atomic E-state index is -1.04. The smallest absolute Gasteiger partial charge is 0.325 e. The average molecular weight is 394 g/mol. The van der Waals surface area contributed by atoms with E-state index in [-0.39, 0.29) is 30.8 Å². The number of hydrogen-bond acceptors (Lipinski definition) is 5. The largest absolute Gasteiger partial charge is 0.480 e. The molecule has 3 N–H and O–H groups in total. The number of aromatic nitrogens is 3. The number of carbonyl (C=O) groups excluding carboxylic acids is 2. The van der Waals surface area contributed by atoms with Crippen LogP contribution in [0.1, 0.15) is 29.9 Å². The summed E-state index contributed by atoms with van der Waals surface area (Å²) >= 11 is 5.81. The summed E-state index contributed by atoms with van der Waals surface area (Å²) < 4.78 is 1.16. The highest BCUT2D eigenvalue weighted by molar-refractivity contribution is 6.30. The van der Waals surface area contributed by atoms with Crippen LogP contribution in [-0.4, -0.2) is 43.9 Å². The topological polar surface area (TPSA) is 126 Å². The van der Waals surface area contributed by atoms with Gasteiger partial charge >= 0.3 is 5.97 Å². The molecule has 0 aliphatic heterocycles. The lowest BCUT2D eigenvalue weighted by Gasteiger charge is -2.21. The van der Waals surface area contributed by atoms with Crippen LogP contribution >= 0.6 is 11.6 Å². The van der Waals surface area contributed by atoms with Crippen molar-refractivity contribution in [3.8, 4) is 0 Å². The molecular weight excluding hydrogens is 374 g/mol. The Labute approximate surface area is 160 Å². The number of rotatable bonds is 8. The van der Waals surface area contributed by atoms with Crippen LogP contribution in [0, 0.1) is 5.92 Å². The van der Waals surface area contributed by atoms with Crippen LogP contribution in [0.15, 0.2) is 30.5 Å². The fourth-order valence-electron chi connectivity index (χ4n) is 2.28. The van der Waals surface area contributed by atoms with Gasteiger partial charge in [-0.25, -0.2) is 4.68 Å². The number of carbonyl (C=O) groups is 3. The first-order valence-electron chi connectivity index (χ1n) is 8.21. The molecule has 0 saturated carbocycles. The second kappa shape index (κ2) is 9.13. The number of carboxylic acid groups (broad SMARTS) is 1. The number of nitrogens with one attached hydrogen (secondary N) is 2. The summed E-state index contributed by atoms with van der Waals surface area (Å²) in [6, 6.07) is 5.60. The van der Waals surface area contributed by atoms with E-state index in [4.69, 9.17) is 16.7 Å². The number of halogens is 1. The van der Waals surface area contributed by atoms with Crippen LogP contribution < -0.4 is 10.6 Å². The summed E-state index contributed by atoms with van der Waals surface area (Å²) in [6.07, 6.45) is 1.44. The minimum Gasteiger partial charge on any atom is -0.480 e. The lowest BCUT2D eigenvalue weighted by atomic mass is 10.0. The van der Waals surface area contributed by atoms with Crippen LogP contribution in [0.3, 0.4) is 0 Å². The number of carboxylic acids is 1. The third-order valence-corrected chi connectivity index (χ3v) is 3.92. The van der Waals surface area contributed by atoms with E-state index < -0.39 is 12.0 Å². The number of aliphatic carboxylic acids is 1. The fraction of sp³-hybridized carbons (Fsp3) is 0.353. The van der Waals surface area contributed by atoms with Crippen LogP contribution in [-0.2, 0) is 22.7 Å². The summed E-state index contributed by atoms with van der Waals surface area (Å²) in [4.78, 5) is 35.4. The van der Waals surface area contributed by atoms with E-state index in [1.54, 1.807) is 24.3 Å². The SMILES string of the molecule is CC(C)C(NC(=O)c1ccc(Cl)cc1)C(=O)NCc1cn(CC(=O)O)nn1. The van der Waals surface area contributed by atoms with Crippen molar-refractivity contribution in [2.45, 2.75) is 33.0 Å². The normalized spacial score (nSPS) is 11.9. The van der Waals surface area contributed by atoms with Crippen LogP contribution in [0.25, 0.3) is 0 Å². The Morgan fingerprint density at radius 3 is 2.48 bits per heavy atom. The lowest BCUT2D eigenvalue weighted by Crippen LogP contribution is -2.49. The third-order valence-electron chi connectivity index (χ3n) is 3.67. The molecule has 1 unspecified atom stereocenters. The van der Waals surface area contributed by atoms with Gasteiger partial charge in [-0.1, -0.05) is 30.7 Å². The van der Waals surface area contributed by atoms with Crippen LogP contribution in [0.5, 0.6) is 0 Å². The third kappa shape index (κ3) is 6.07. The molecule has 0 spiro atoms. The first kappa shape index (κ1) is 20.4. The van der Waals surface area contributed by atoms with E-state index >= 15 is 0 Å². The predicted octanol–water partition coefficient (Wildman–Crippen LogP) is 1.09. The number of hydrogen-bond donors (Lipinski definition) is 3. The molecule has 0 bridgehead atoms. The van der Waals surface area contributed by atoms with Crippen molar-refractivity contribution in [1.29, 1.82) is 0 Å². The molecule has 0 saturated heterocycles. The van der Waals surface area contributed by atoms with Gasteiger partial charge in [-0.15, -0.1) is 5.10 Å². The molecule has 0 aliphatic rings. The summed E-state index contributed by atoms with van der Waals surface area (Å²) in [7, 11) is 0. The average Bonchev–Trinajstić information content (AvgIpc) is 3.04. The molecular formula is C17H20ClN5O4. The molecule has 2 rings (SSSR count). The molecule has 144 valence electrons. The summed E-state index contributed by atoms with van der Waals surface area (Å²) in [5, 5.41) is 22.1. The van der Waals surface area contributed by atoms with E-state index in [0.29, 0.717) is 16.3 Å². The molecule has 0 aliphatic carbocycles. The van der Waals surface area contributed by atoms with Gasteiger partial charge in [0.15, 0.2) is 0 Å². The van der Waals surface area contributed by atoms with Crippen molar-refractivity contribution >= 4 is 29.4 Å². The predicted molar refractivity (Wildman–Crippen MR) is 97.0 cm³/mol. The maximum Gasteiger partial charge on any atom is 0.325 e. The number of nitrogens with zero attached hydrogens (tertiary/aromatic N) is 3. The van der Waals surface area contributed by atoms with Gasteiger partial charge in [0.1, 0.15) is 18.3 Å². The van der Waals surface area contributed by atoms with Gasteiger partial charge in [-0.05, 0) is 30.2 Å². The Balaban J connectivity index is 1.96. The van der Waals surface area contributed by atoms with E-state index in [2.05, 4.69) is 20.9 Å². The van der Waals surface area contributed by atoms with Gasteiger partial charge in [0.25, 0.3) is 5.91 Å².